The number of hydrogen-bond donors (Lipinski definition) is 0. The van der Waals surface area contributed by atoms with Crippen molar-refractivity contribution in [3.63, 3.8) is 0 Å². The van der Waals surface area contributed by atoms with Gasteiger partial charge in [-0.3, -0.25) is 4.79 Å². The highest BCUT2D eigenvalue weighted by molar-refractivity contribution is 5.78. The van der Waals surface area contributed by atoms with Crippen LogP contribution in [0.3, 0.4) is 0 Å². The number of ether oxygens (including phenoxy) is 1. The molecule has 1 saturated carbocycles. The summed E-state index contributed by atoms with van der Waals surface area (Å²) in [6, 6.07) is 0.641. The predicted molar refractivity (Wildman–Crippen MR) is 95.5 cm³/mol. The molecule has 3 heterocycles. The number of likely N-dealkylation sites (tertiary alicyclic amines) is 1. The Kier molecular flexibility index (Phi) is 5.55. The van der Waals surface area contributed by atoms with Crippen molar-refractivity contribution in [3.8, 4) is 0 Å². The van der Waals surface area contributed by atoms with Crippen LogP contribution in [0.4, 0.5) is 0 Å². The van der Waals surface area contributed by atoms with E-state index in [-0.39, 0.29) is 11.8 Å². The van der Waals surface area contributed by atoms with Gasteiger partial charge in [0, 0.05) is 37.6 Å². The maximum Gasteiger partial charge on any atom is 0.229 e. The number of carbonyl (C=O) groups is 1. The van der Waals surface area contributed by atoms with Gasteiger partial charge in [-0.25, -0.2) is 0 Å². The van der Waals surface area contributed by atoms with Crippen LogP contribution in [0, 0.1) is 5.92 Å². The van der Waals surface area contributed by atoms with Gasteiger partial charge in [-0.15, -0.1) is 0 Å². The molecule has 0 unspecified atom stereocenters. The van der Waals surface area contributed by atoms with Crippen molar-refractivity contribution in [2.45, 2.75) is 64.0 Å². The van der Waals surface area contributed by atoms with Crippen LogP contribution in [0.25, 0.3) is 0 Å². The van der Waals surface area contributed by atoms with Crippen LogP contribution in [0.15, 0.2) is 4.52 Å². The number of hydrogen-bond acceptors (Lipinski definition) is 6. The summed E-state index contributed by atoms with van der Waals surface area (Å²) in [6.45, 7) is 6.97. The molecule has 1 amide bonds. The summed E-state index contributed by atoms with van der Waals surface area (Å²) in [4.78, 5) is 21.9. The molecule has 7 nitrogen and oxygen atoms in total. The maximum absolute atomic E-state index is 13.0. The van der Waals surface area contributed by atoms with E-state index in [2.05, 4.69) is 15.0 Å². The van der Waals surface area contributed by atoms with Crippen molar-refractivity contribution in [1.29, 1.82) is 0 Å². The molecule has 4 rings (SSSR count). The van der Waals surface area contributed by atoms with Crippen molar-refractivity contribution < 1.29 is 14.1 Å². The van der Waals surface area contributed by atoms with Gasteiger partial charge >= 0.3 is 0 Å². The molecule has 3 fully saturated rings. The summed E-state index contributed by atoms with van der Waals surface area (Å²) < 4.78 is 10.8. The fraction of sp³-hybridized carbons (Fsp3) is 0.842. The Bertz CT molecular complexity index is 602. The van der Waals surface area contributed by atoms with Gasteiger partial charge in [-0.2, -0.15) is 4.98 Å². The Morgan fingerprint density at radius 2 is 1.88 bits per heavy atom. The van der Waals surface area contributed by atoms with Gasteiger partial charge in [0.15, 0.2) is 5.82 Å². The molecule has 0 radical (unpaired) electrons. The molecule has 0 N–H and O–H groups in total. The van der Waals surface area contributed by atoms with E-state index in [1.807, 2.05) is 11.8 Å². The van der Waals surface area contributed by atoms with Crippen LogP contribution in [-0.4, -0.2) is 64.7 Å². The summed E-state index contributed by atoms with van der Waals surface area (Å²) in [6.07, 6.45) is 6.44. The molecule has 26 heavy (non-hydrogen) atoms. The fourth-order valence-electron chi connectivity index (χ4n) is 4.16. The van der Waals surface area contributed by atoms with E-state index in [1.165, 1.54) is 0 Å². The molecular weight excluding hydrogens is 332 g/mol. The van der Waals surface area contributed by atoms with Gasteiger partial charge in [0.1, 0.15) is 0 Å². The normalized spacial score (nSPS) is 23.3. The molecule has 0 atom stereocenters. The van der Waals surface area contributed by atoms with Crippen LogP contribution in [0.2, 0.25) is 0 Å². The first kappa shape index (κ1) is 17.9. The number of nitrogens with zero attached hydrogens (tertiary/aromatic N) is 4. The second-order valence-electron chi connectivity index (χ2n) is 7.83. The minimum absolute atomic E-state index is 0.126. The third-order valence-electron chi connectivity index (χ3n) is 6.02. The van der Waals surface area contributed by atoms with Crippen molar-refractivity contribution >= 4 is 5.91 Å². The standard InChI is InChI=1S/C19H30N4O3/c1-2-22(13-17-20-18(26-21-17)14-3-4-14)19(24)15-5-9-23(10-6-15)16-7-11-25-12-8-16/h14-16H,2-13H2,1H3. The highest BCUT2D eigenvalue weighted by Gasteiger charge is 2.33. The summed E-state index contributed by atoms with van der Waals surface area (Å²) in [5.74, 6) is 2.21. The minimum Gasteiger partial charge on any atom is -0.381 e. The lowest BCUT2D eigenvalue weighted by Crippen LogP contribution is -2.47. The number of amides is 1. The molecule has 0 spiro atoms. The van der Waals surface area contributed by atoms with E-state index >= 15 is 0 Å². The van der Waals surface area contributed by atoms with Gasteiger partial charge in [0.05, 0.1) is 6.54 Å². The first-order valence-electron chi connectivity index (χ1n) is 10.2. The quantitative estimate of drug-likeness (QED) is 0.772. The smallest absolute Gasteiger partial charge is 0.229 e. The number of carbonyl (C=O) groups excluding carboxylic acids is 1. The molecule has 144 valence electrons. The lowest BCUT2D eigenvalue weighted by Gasteiger charge is -2.39. The zero-order chi connectivity index (χ0) is 17.9. The number of piperidine rings is 1. The van der Waals surface area contributed by atoms with Gasteiger partial charge in [0.25, 0.3) is 0 Å². The summed E-state index contributed by atoms with van der Waals surface area (Å²) in [7, 11) is 0. The van der Waals surface area contributed by atoms with E-state index in [4.69, 9.17) is 9.26 Å². The molecule has 1 aliphatic carbocycles. The SMILES string of the molecule is CCN(Cc1noc(C2CC2)n1)C(=O)C1CCN(C2CCOCC2)CC1. The predicted octanol–water partition coefficient (Wildman–Crippen LogP) is 2.19. The second-order valence-corrected chi connectivity index (χ2v) is 7.83. The minimum atomic E-state index is 0.126. The van der Waals surface area contributed by atoms with Crippen LogP contribution >= 0.6 is 0 Å². The Morgan fingerprint density at radius 3 is 2.54 bits per heavy atom. The van der Waals surface area contributed by atoms with Gasteiger partial charge in [-0.05, 0) is 58.5 Å². The van der Waals surface area contributed by atoms with Crippen molar-refractivity contribution in [1.82, 2.24) is 19.9 Å². The topological polar surface area (TPSA) is 71.7 Å². The van der Waals surface area contributed by atoms with Crippen molar-refractivity contribution in [3.05, 3.63) is 11.7 Å². The van der Waals surface area contributed by atoms with Gasteiger partial charge in [0.2, 0.25) is 11.8 Å². The molecule has 0 aromatic carbocycles. The molecule has 1 aromatic heterocycles. The molecule has 0 bridgehead atoms. The van der Waals surface area contributed by atoms with E-state index in [0.29, 0.717) is 30.9 Å². The molecule has 1 aromatic rings. The van der Waals surface area contributed by atoms with Crippen LogP contribution in [-0.2, 0) is 16.1 Å². The summed E-state index contributed by atoms with van der Waals surface area (Å²) >= 11 is 0. The zero-order valence-electron chi connectivity index (χ0n) is 15.7. The monoisotopic (exact) mass is 362 g/mol. The molecule has 2 saturated heterocycles. The Morgan fingerprint density at radius 1 is 1.15 bits per heavy atom. The third kappa shape index (κ3) is 4.09. The zero-order valence-corrected chi connectivity index (χ0v) is 15.7. The van der Waals surface area contributed by atoms with E-state index < -0.39 is 0 Å². The van der Waals surface area contributed by atoms with Crippen LogP contribution in [0.1, 0.15) is 63.1 Å². The first-order valence-corrected chi connectivity index (χ1v) is 10.2. The summed E-state index contributed by atoms with van der Waals surface area (Å²) in [5.41, 5.74) is 0. The fourth-order valence-corrected chi connectivity index (χ4v) is 4.16. The maximum atomic E-state index is 13.0. The third-order valence-corrected chi connectivity index (χ3v) is 6.02. The van der Waals surface area contributed by atoms with Crippen LogP contribution < -0.4 is 0 Å². The Labute approximate surface area is 155 Å². The number of aromatic nitrogens is 2. The van der Waals surface area contributed by atoms with E-state index in [0.717, 1.165) is 70.7 Å². The first-order chi connectivity index (χ1) is 12.7. The van der Waals surface area contributed by atoms with Crippen molar-refractivity contribution in [2.75, 3.05) is 32.8 Å². The second kappa shape index (κ2) is 8.05. The number of rotatable bonds is 6. The lowest BCUT2D eigenvalue weighted by atomic mass is 9.93. The van der Waals surface area contributed by atoms with Crippen molar-refractivity contribution in [2.24, 2.45) is 5.92 Å². The highest BCUT2D eigenvalue weighted by Crippen LogP contribution is 2.38. The molecule has 2 aliphatic heterocycles. The average Bonchev–Trinajstić information content (AvgIpc) is 3.45. The van der Waals surface area contributed by atoms with E-state index in [9.17, 15) is 4.79 Å². The van der Waals surface area contributed by atoms with Gasteiger partial charge < -0.3 is 19.1 Å². The average molecular weight is 362 g/mol. The van der Waals surface area contributed by atoms with E-state index in [1.54, 1.807) is 0 Å². The Balaban J connectivity index is 1.29. The van der Waals surface area contributed by atoms with Gasteiger partial charge in [-0.1, -0.05) is 5.16 Å². The highest BCUT2D eigenvalue weighted by atomic mass is 16.5. The van der Waals surface area contributed by atoms with Crippen LogP contribution in [0.5, 0.6) is 0 Å². The summed E-state index contributed by atoms with van der Waals surface area (Å²) in [5, 5.41) is 4.07. The molecule has 7 heteroatoms. The molecular formula is C19H30N4O3. The Hall–Kier alpha value is -1.47. The largest absolute Gasteiger partial charge is 0.381 e. The lowest BCUT2D eigenvalue weighted by molar-refractivity contribution is -0.138. The molecule has 3 aliphatic rings.